The van der Waals surface area contributed by atoms with Crippen molar-refractivity contribution >= 4 is 38.4 Å². The number of aryl methyl sites for hydroxylation is 1. The van der Waals surface area contributed by atoms with Crippen LogP contribution in [0.1, 0.15) is 58.8 Å². The van der Waals surface area contributed by atoms with E-state index in [1.165, 1.54) is 6.07 Å². The van der Waals surface area contributed by atoms with Crippen LogP contribution >= 0.6 is 0 Å². The lowest BCUT2D eigenvalue weighted by molar-refractivity contribution is -0.119. The molecule has 6 rings (SSSR count). The van der Waals surface area contributed by atoms with E-state index in [0.29, 0.717) is 16.6 Å². The van der Waals surface area contributed by atoms with Gasteiger partial charge in [-0.1, -0.05) is 91.7 Å². The maximum atomic E-state index is 13.8. The Kier molecular flexibility index (Phi) is 7.86. The molecule has 0 aliphatic heterocycles. The zero-order chi connectivity index (χ0) is 30.0. The summed E-state index contributed by atoms with van der Waals surface area (Å²) in [7, 11) is -4.14. The smallest absolute Gasteiger partial charge is 0.267 e. The molecule has 4 aromatic carbocycles. The van der Waals surface area contributed by atoms with Gasteiger partial charge >= 0.3 is 0 Å². The lowest BCUT2D eigenvalue weighted by atomic mass is 9.98. The van der Waals surface area contributed by atoms with Gasteiger partial charge in [-0.3, -0.25) is 9.59 Å². The quantitative estimate of drug-likeness (QED) is 0.207. The van der Waals surface area contributed by atoms with Crippen molar-refractivity contribution in [3.63, 3.8) is 0 Å². The molecule has 8 heteroatoms. The van der Waals surface area contributed by atoms with Crippen molar-refractivity contribution in [2.75, 3.05) is 5.32 Å². The molecular formula is C35H33N3O4S. The summed E-state index contributed by atoms with van der Waals surface area (Å²) >= 11 is 0. The number of benzene rings is 4. The average Bonchev–Trinajstić information content (AvgIpc) is 3.68. The Morgan fingerprint density at radius 3 is 2.05 bits per heavy atom. The molecule has 1 fully saturated rings. The molecule has 218 valence electrons. The first kappa shape index (κ1) is 28.4. The van der Waals surface area contributed by atoms with E-state index in [9.17, 15) is 18.0 Å². The third-order valence-electron chi connectivity index (χ3n) is 8.19. The van der Waals surface area contributed by atoms with E-state index in [0.717, 1.165) is 42.3 Å². The van der Waals surface area contributed by atoms with E-state index in [1.54, 1.807) is 37.4 Å². The van der Waals surface area contributed by atoms with Gasteiger partial charge in [0.2, 0.25) is 5.91 Å². The topological polar surface area (TPSA) is 97.3 Å². The lowest BCUT2D eigenvalue weighted by Gasteiger charge is -2.21. The van der Waals surface area contributed by atoms with Crippen molar-refractivity contribution in [3.8, 4) is 0 Å². The van der Waals surface area contributed by atoms with Gasteiger partial charge in [-0.2, -0.15) is 0 Å². The van der Waals surface area contributed by atoms with Crippen molar-refractivity contribution in [2.24, 2.45) is 5.92 Å². The highest BCUT2D eigenvalue weighted by Gasteiger charge is 2.27. The largest absolute Gasteiger partial charge is 0.335 e. The van der Waals surface area contributed by atoms with Gasteiger partial charge in [0.15, 0.2) is 0 Å². The summed E-state index contributed by atoms with van der Waals surface area (Å²) in [5.41, 5.74) is 4.03. The van der Waals surface area contributed by atoms with Gasteiger partial charge in [0.05, 0.1) is 16.5 Å². The number of rotatable bonds is 8. The van der Waals surface area contributed by atoms with Gasteiger partial charge in [0.25, 0.3) is 15.9 Å². The molecule has 0 atom stereocenters. The molecular weight excluding hydrogens is 558 g/mol. The molecule has 0 radical (unpaired) electrons. The summed E-state index contributed by atoms with van der Waals surface area (Å²) < 4.78 is 30.9. The third kappa shape index (κ3) is 5.83. The number of carbonyl (C=O) groups is 2. The number of sulfonamides is 1. The minimum atomic E-state index is -4.14. The van der Waals surface area contributed by atoms with Crippen LogP contribution in [-0.2, 0) is 14.8 Å². The SMILES string of the molecule is Cc1ccccc1S(=O)(=O)NC(=O)c1cn(C(c2ccccc2)c2ccccc2)c2ccc(NC(=O)C3CCCC3)cc12. The Bertz CT molecular complexity index is 1850. The van der Waals surface area contributed by atoms with Gasteiger partial charge in [-0.05, 0) is 60.7 Å². The van der Waals surface area contributed by atoms with Crippen molar-refractivity contribution < 1.29 is 18.0 Å². The third-order valence-corrected chi connectivity index (χ3v) is 9.68. The number of nitrogens with one attached hydrogen (secondary N) is 2. The summed E-state index contributed by atoms with van der Waals surface area (Å²) in [5, 5.41) is 3.57. The molecule has 1 aliphatic carbocycles. The van der Waals surface area contributed by atoms with E-state index >= 15 is 0 Å². The normalized spacial score (nSPS) is 13.8. The van der Waals surface area contributed by atoms with Crippen molar-refractivity contribution in [3.05, 3.63) is 132 Å². The van der Waals surface area contributed by atoms with Crippen molar-refractivity contribution in [1.29, 1.82) is 0 Å². The number of fused-ring (bicyclic) bond motifs is 1. The van der Waals surface area contributed by atoms with Gasteiger partial charge in [0, 0.05) is 28.7 Å². The fourth-order valence-electron chi connectivity index (χ4n) is 6.03. The van der Waals surface area contributed by atoms with Gasteiger partial charge < -0.3 is 9.88 Å². The Balaban J connectivity index is 1.47. The van der Waals surface area contributed by atoms with Crippen LogP contribution in [0.25, 0.3) is 10.9 Å². The zero-order valence-corrected chi connectivity index (χ0v) is 24.7. The Morgan fingerprint density at radius 1 is 0.814 bits per heavy atom. The van der Waals surface area contributed by atoms with Gasteiger partial charge in [0.1, 0.15) is 0 Å². The van der Waals surface area contributed by atoms with Crippen LogP contribution in [0.5, 0.6) is 0 Å². The first-order valence-corrected chi connectivity index (χ1v) is 16.0. The first-order chi connectivity index (χ1) is 20.8. The molecule has 2 amide bonds. The molecule has 1 saturated carbocycles. The van der Waals surface area contributed by atoms with Crippen LogP contribution < -0.4 is 10.0 Å². The molecule has 5 aromatic rings. The second-order valence-electron chi connectivity index (χ2n) is 11.1. The predicted octanol–water partition coefficient (Wildman–Crippen LogP) is 6.83. The molecule has 1 heterocycles. The molecule has 7 nitrogen and oxygen atoms in total. The maximum absolute atomic E-state index is 13.8. The molecule has 2 N–H and O–H groups in total. The summed E-state index contributed by atoms with van der Waals surface area (Å²) in [6.07, 6.45) is 5.52. The highest BCUT2D eigenvalue weighted by molar-refractivity contribution is 7.90. The predicted molar refractivity (Wildman–Crippen MR) is 168 cm³/mol. The molecule has 1 aliphatic rings. The minimum absolute atomic E-state index is 0.0251. The van der Waals surface area contributed by atoms with Crippen LogP contribution in [0.3, 0.4) is 0 Å². The summed E-state index contributed by atoms with van der Waals surface area (Å²) in [5.74, 6) is -0.801. The maximum Gasteiger partial charge on any atom is 0.267 e. The fourth-order valence-corrected chi connectivity index (χ4v) is 7.25. The molecule has 1 aromatic heterocycles. The zero-order valence-electron chi connectivity index (χ0n) is 23.9. The standard InChI is InChI=1S/C35H33N3O4S/c1-24-12-8-11-19-32(24)43(41,42)37-35(40)30-23-38(33(25-13-4-2-5-14-25)26-15-6-3-7-16-26)31-21-20-28(22-29(30)31)36-34(39)27-17-9-10-18-27/h2-8,11-16,19-23,27,33H,9-10,17-18H2,1H3,(H,36,39)(H,37,40). The highest BCUT2D eigenvalue weighted by atomic mass is 32.2. The van der Waals surface area contributed by atoms with Gasteiger partial charge in [-0.15, -0.1) is 0 Å². The summed E-state index contributed by atoms with van der Waals surface area (Å²) in [6, 6.07) is 31.6. The number of carbonyl (C=O) groups excluding carboxylic acids is 2. The lowest BCUT2D eigenvalue weighted by Crippen LogP contribution is -2.31. The van der Waals surface area contributed by atoms with E-state index in [2.05, 4.69) is 10.0 Å². The Morgan fingerprint density at radius 2 is 1.42 bits per heavy atom. The van der Waals surface area contributed by atoms with E-state index in [-0.39, 0.29) is 28.3 Å². The average molecular weight is 592 g/mol. The number of aromatic nitrogens is 1. The number of nitrogens with zero attached hydrogens (tertiary/aromatic N) is 1. The van der Waals surface area contributed by atoms with Crippen LogP contribution in [0.4, 0.5) is 5.69 Å². The van der Waals surface area contributed by atoms with Crippen LogP contribution in [0.2, 0.25) is 0 Å². The van der Waals surface area contributed by atoms with Crippen LogP contribution in [-0.4, -0.2) is 24.8 Å². The van der Waals surface area contributed by atoms with Crippen LogP contribution in [0, 0.1) is 12.8 Å². The monoisotopic (exact) mass is 591 g/mol. The first-order valence-electron chi connectivity index (χ1n) is 14.5. The minimum Gasteiger partial charge on any atom is -0.335 e. The second-order valence-corrected chi connectivity index (χ2v) is 12.7. The number of amides is 2. The van der Waals surface area contributed by atoms with Crippen molar-refractivity contribution in [1.82, 2.24) is 9.29 Å². The fraction of sp³-hybridized carbons (Fsp3) is 0.200. The van der Waals surface area contributed by atoms with E-state index in [1.807, 2.05) is 77.4 Å². The molecule has 0 spiro atoms. The second kappa shape index (κ2) is 11.9. The highest BCUT2D eigenvalue weighted by Crippen LogP contribution is 2.35. The Hall–Kier alpha value is -4.69. The van der Waals surface area contributed by atoms with E-state index in [4.69, 9.17) is 0 Å². The number of hydrogen-bond donors (Lipinski definition) is 2. The molecule has 0 unspecified atom stereocenters. The van der Waals surface area contributed by atoms with Crippen LogP contribution in [0.15, 0.2) is 114 Å². The number of hydrogen-bond acceptors (Lipinski definition) is 4. The van der Waals surface area contributed by atoms with Crippen molar-refractivity contribution in [2.45, 2.75) is 43.5 Å². The number of anilines is 1. The molecule has 0 bridgehead atoms. The molecule has 0 saturated heterocycles. The van der Waals surface area contributed by atoms with Gasteiger partial charge in [-0.25, -0.2) is 13.1 Å². The molecule has 43 heavy (non-hydrogen) atoms. The summed E-state index contributed by atoms with van der Waals surface area (Å²) in [6.45, 7) is 1.69. The Labute approximate surface area is 251 Å². The summed E-state index contributed by atoms with van der Waals surface area (Å²) in [4.78, 5) is 26.8. The van der Waals surface area contributed by atoms with E-state index < -0.39 is 15.9 Å².